The van der Waals surface area contributed by atoms with Gasteiger partial charge < -0.3 is 15.4 Å². The van der Waals surface area contributed by atoms with E-state index in [1.807, 2.05) is 0 Å². The van der Waals surface area contributed by atoms with Crippen molar-refractivity contribution in [1.29, 1.82) is 0 Å². The Morgan fingerprint density at radius 1 is 1.12 bits per heavy atom. The van der Waals surface area contributed by atoms with Crippen LogP contribution in [0.15, 0.2) is 30.3 Å². The van der Waals surface area contributed by atoms with Crippen molar-refractivity contribution in [2.24, 2.45) is 12.8 Å². The van der Waals surface area contributed by atoms with E-state index >= 15 is 0 Å². The Labute approximate surface area is 192 Å². The van der Waals surface area contributed by atoms with E-state index in [2.05, 4.69) is 10.1 Å². The van der Waals surface area contributed by atoms with E-state index in [9.17, 15) is 22.8 Å². The molecule has 1 fully saturated rings. The van der Waals surface area contributed by atoms with Crippen molar-refractivity contribution < 1.29 is 27.5 Å². The number of hydrogen-bond donors (Lipinski definition) is 1. The number of carbonyl (C=O) groups is 2. The zero-order chi connectivity index (χ0) is 24.2. The van der Waals surface area contributed by atoms with Gasteiger partial charge in [-0.15, -0.1) is 0 Å². The number of morpholine rings is 1. The van der Waals surface area contributed by atoms with Crippen molar-refractivity contribution >= 4 is 11.8 Å². The molecular weight excluding hydrogens is 451 g/mol. The number of amides is 2. The highest BCUT2D eigenvalue weighted by Gasteiger charge is 2.35. The lowest BCUT2D eigenvalue weighted by Crippen LogP contribution is -2.40. The van der Waals surface area contributed by atoms with Gasteiger partial charge in [-0.05, 0) is 35.4 Å². The first-order valence-electron chi connectivity index (χ1n) is 10.6. The maximum atomic E-state index is 13.2. The van der Waals surface area contributed by atoms with E-state index in [1.165, 1.54) is 13.1 Å². The third-order valence-electron chi connectivity index (χ3n) is 6.10. The van der Waals surface area contributed by atoms with Crippen LogP contribution < -0.4 is 5.73 Å². The minimum absolute atomic E-state index is 0.102. The van der Waals surface area contributed by atoms with Crippen molar-refractivity contribution in [2.45, 2.75) is 12.6 Å². The summed E-state index contributed by atoms with van der Waals surface area (Å²) >= 11 is 0. The number of ether oxygens (including phenoxy) is 1. The molecule has 0 radical (unpaired) electrons. The van der Waals surface area contributed by atoms with Gasteiger partial charge >= 0.3 is 6.18 Å². The number of benzene rings is 1. The van der Waals surface area contributed by atoms with Crippen LogP contribution in [0.2, 0.25) is 0 Å². The third-order valence-corrected chi connectivity index (χ3v) is 6.10. The van der Waals surface area contributed by atoms with Crippen LogP contribution in [0.4, 0.5) is 13.2 Å². The van der Waals surface area contributed by atoms with Crippen LogP contribution in [0.5, 0.6) is 0 Å². The van der Waals surface area contributed by atoms with Gasteiger partial charge in [0.05, 0.1) is 30.3 Å². The Morgan fingerprint density at radius 3 is 2.50 bits per heavy atom. The van der Waals surface area contributed by atoms with Crippen LogP contribution in [-0.2, 0) is 24.4 Å². The molecule has 1 aromatic carbocycles. The minimum atomic E-state index is -4.62. The normalized spacial score (nSPS) is 15.2. The monoisotopic (exact) mass is 471 g/mol. The van der Waals surface area contributed by atoms with Crippen molar-refractivity contribution in [1.82, 2.24) is 19.7 Å². The van der Waals surface area contributed by atoms with Gasteiger partial charge in [-0.3, -0.25) is 14.3 Å². The van der Waals surface area contributed by atoms with Gasteiger partial charge in [0, 0.05) is 43.2 Å². The lowest BCUT2D eigenvalue weighted by atomic mass is 10.0. The molecule has 2 aromatic heterocycles. The second kappa shape index (κ2) is 7.94. The van der Waals surface area contributed by atoms with E-state index in [0.29, 0.717) is 55.1 Å². The summed E-state index contributed by atoms with van der Waals surface area (Å²) in [6, 6.07) is 7.49. The molecule has 2 N–H and O–H groups in total. The standard InChI is InChI=1S/C23H20F3N5O3/c1-30-18(11-19(29-30)23(24,25)26)17-10-16(21(27)32)15-9-13-8-12(2-3-14(13)20(15)28-17)22(33)31-4-6-34-7-5-31/h2-3,8,10-11H,4-7,9H2,1H3,(H2,27,32). The van der Waals surface area contributed by atoms with E-state index < -0.39 is 17.8 Å². The molecule has 11 heteroatoms. The van der Waals surface area contributed by atoms with Gasteiger partial charge in [0.1, 0.15) is 0 Å². The highest BCUT2D eigenvalue weighted by atomic mass is 19.4. The highest BCUT2D eigenvalue weighted by Crippen LogP contribution is 2.40. The van der Waals surface area contributed by atoms with Gasteiger partial charge in [0.15, 0.2) is 5.69 Å². The molecule has 0 bridgehead atoms. The van der Waals surface area contributed by atoms with Gasteiger partial charge in [-0.25, -0.2) is 4.98 Å². The summed E-state index contributed by atoms with van der Waals surface area (Å²) < 4.78 is 45.8. The van der Waals surface area contributed by atoms with Crippen molar-refractivity contribution in [3.8, 4) is 22.6 Å². The van der Waals surface area contributed by atoms with Crippen LogP contribution in [0.25, 0.3) is 22.6 Å². The molecule has 1 aliphatic carbocycles. The quantitative estimate of drug-likeness (QED) is 0.495. The Balaban J connectivity index is 1.57. The summed E-state index contributed by atoms with van der Waals surface area (Å²) in [7, 11) is 1.38. The zero-order valence-electron chi connectivity index (χ0n) is 18.1. The van der Waals surface area contributed by atoms with Crippen LogP contribution >= 0.6 is 0 Å². The number of primary amides is 1. The van der Waals surface area contributed by atoms with Crippen molar-refractivity contribution in [3.63, 3.8) is 0 Å². The Bertz CT molecular complexity index is 1330. The fourth-order valence-electron chi connectivity index (χ4n) is 4.41. The number of alkyl halides is 3. The molecular formula is C23H20F3N5O3. The number of nitrogens with zero attached hydrogens (tertiary/aromatic N) is 4. The molecule has 8 nitrogen and oxygen atoms in total. The van der Waals surface area contributed by atoms with Gasteiger partial charge in [0.25, 0.3) is 5.91 Å². The SMILES string of the molecule is Cn1nc(C(F)(F)F)cc1-c1cc(C(N)=O)c2c(n1)-c1ccc(C(=O)N3CCOCC3)cc1C2. The number of nitrogens with two attached hydrogens (primary N) is 1. The Hall–Kier alpha value is -3.73. The number of rotatable bonds is 3. The number of aryl methyl sites for hydroxylation is 1. The fraction of sp³-hybridized carbons (Fsp3) is 0.304. The van der Waals surface area contributed by atoms with Crippen LogP contribution in [-0.4, -0.2) is 57.8 Å². The molecule has 0 saturated carbocycles. The molecule has 3 aromatic rings. The molecule has 3 heterocycles. The van der Waals surface area contributed by atoms with E-state index in [-0.39, 0.29) is 22.9 Å². The number of fused-ring (bicyclic) bond motifs is 3. The lowest BCUT2D eigenvalue weighted by molar-refractivity contribution is -0.141. The molecule has 0 unspecified atom stereocenters. The summed E-state index contributed by atoms with van der Waals surface area (Å²) in [5.41, 5.74) is 8.04. The predicted octanol–water partition coefficient (Wildman–Crippen LogP) is 2.64. The van der Waals surface area contributed by atoms with Crippen LogP contribution in [0.1, 0.15) is 37.5 Å². The largest absolute Gasteiger partial charge is 0.435 e. The summed E-state index contributed by atoms with van der Waals surface area (Å²) in [5.74, 6) is -0.823. The van der Waals surface area contributed by atoms with E-state index in [0.717, 1.165) is 16.3 Å². The van der Waals surface area contributed by atoms with Crippen molar-refractivity contribution in [3.05, 3.63) is 58.3 Å². The summed E-state index contributed by atoms with van der Waals surface area (Å²) in [4.78, 5) is 31.4. The molecule has 34 heavy (non-hydrogen) atoms. The number of pyridine rings is 1. The number of halogens is 3. The number of hydrogen-bond acceptors (Lipinski definition) is 5. The maximum absolute atomic E-state index is 13.2. The third kappa shape index (κ3) is 3.71. The second-order valence-electron chi connectivity index (χ2n) is 8.24. The van der Waals surface area contributed by atoms with E-state index in [4.69, 9.17) is 10.5 Å². The average molecular weight is 471 g/mol. The topological polar surface area (TPSA) is 103 Å². The second-order valence-corrected chi connectivity index (χ2v) is 8.24. The molecule has 2 aliphatic rings. The summed E-state index contributed by atoms with van der Waals surface area (Å²) in [6.45, 7) is 2.00. The molecule has 176 valence electrons. The lowest BCUT2D eigenvalue weighted by Gasteiger charge is -2.27. The molecule has 5 rings (SSSR count). The molecule has 1 aliphatic heterocycles. The van der Waals surface area contributed by atoms with Gasteiger partial charge in [0.2, 0.25) is 5.91 Å². The average Bonchev–Trinajstić information content (AvgIpc) is 3.38. The Kier molecular flexibility index (Phi) is 5.16. The summed E-state index contributed by atoms with van der Waals surface area (Å²) in [6.07, 6.45) is -4.28. The van der Waals surface area contributed by atoms with E-state index in [1.54, 1.807) is 23.1 Å². The van der Waals surface area contributed by atoms with Gasteiger partial charge in [-0.2, -0.15) is 18.3 Å². The van der Waals surface area contributed by atoms with Crippen LogP contribution in [0, 0.1) is 0 Å². The predicted molar refractivity (Wildman–Crippen MR) is 115 cm³/mol. The molecule has 2 amide bonds. The number of carbonyl (C=O) groups excluding carboxylic acids is 2. The fourth-order valence-corrected chi connectivity index (χ4v) is 4.41. The smallest absolute Gasteiger partial charge is 0.378 e. The highest BCUT2D eigenvalue weighted by molar-refractivity contribution is 6.00. The molecule has 0 spiro atoms. The first kappa shape index (κ1) is 22.1. The number of aromatic nitrogens is 3. The van der Waals surface area contributed by atoms with Crippen LogP contribution in [0.3, 0.4) is 0 Å². The Morgan fingerprint density at radius 2 is 1.85 bits per heavy atom. The first-order valence-corrected chi connectivity index (χ1v) is 10.6. The molecule has 0 atom stereocenters. The minimum Gasteiger partial charge on any atom is -0.378 e. The molecule has 1 saturated heterocycles. The van der Waals surface area contributed by atoms with Gasteiger partial charge in [-0.1, -0.05) is 6.07 Å². The maximum Gasteiger partial charge on any atom is 0.435 e. The first-order chi connectivity index (χ1) is 16.1. The summed E-state index contributed by atoms with van der Waals surface area (Å²) in [5, 5.41) is 3.53. The zero-order valence-corrected chi connectivity index (χ0v) is 18.1. The van der Waals surface area contributed by atoms with Crippen molar-refractivity contribution in [2.75, 3.05) is 26.3 Å².